The average molecular weight is 470 g/mol. The number of carbonyl (C=O) groups is 1. The molecular formula is C22H27N7O3S. The summed E-state index contributed by atoms with van der Waals surface area (Å²) >= 11 is 1.18. The molecule has 33 heavy (non-hydrogen) atoms. The number of nitrogens with zero attached hydrogens (tertiary/aromatic N) is 4. The maximum Gasteiger partial charge on any atom is 0.264 e. The Morgan fingerprint density at radius 2 is 1.88 bits per heavy atom. The molecule has 1 amide bonds. The first kappa shape index (κ1) is 23.9. The van der Waals surface area contributed by atoms with Crippen LogP contribution in [0.1, 0.15) is 23.6 Å². The van der Waals surface area contributed by atoms with Crippen LogP contribution in [0.25, 0.3) is 0 Å². The number of hydrogen-bond donors (Lipinski definition) is 3. The zero-order chi connectivity index (χ0) is 24.0. The fraction of sp³-hybridized carbons (Fsp3) is 0.273. The lowest BCUT2D eigenvalue weighted by atomic mass is 10.1. The van der Waals surface area contributed by atoms with Crippen molar-refractivity contribution in [2.24, 2.45) is 5.10 Å². The number of carbonyl (C=O) groups excluding carboxylic acids is 1. The van der Waals surface area contributed by atoms with Crippen LogP contribution in [-0.2, 0) is 4.79 Å². The minimum absolute atomic E-state index is 0.136. The molecule has 0 saturated carbocycles. The molecule has 0 aliphatic carbocycles. The summed E-state index contributed by atoms with van der Waals surface area (Å²) in [4.78, 5) is 12.4. The number of amides is 1. The Bertz CT molecular complexity index is 1180. The number of aryl methyl sites for hydroxylation is 2. The number of thioether (sulfide) groups is 1. The van der Waals surface area contributed by atoms with Crippen LogP contribution in [0, 0.1) is 13.8 Å². The molecule has 1 aromatic heterocycles. The normalized spacial score (nSPS) is 11.2. The van der Waals surface area contributed by atoms with Gasteiger partial charge in [0, 0.05) is 11.3 Å². The summed E-state index contributed by atoms with van der Waals surface area (Å²) in [5.74, 6) is 7.52. The highest BCUT2D eigenvalue weighted by Crippen LogP contribution is 2.28. The Hall–Kier alpha value is -3.73. The fourth-order valence-electron chi connectivity index (χ4n) is 2.90. The van der Waals surface area contributed by atoms with Crippen LogP contribution in [-0.4, -0.2) is 46.5 Å². The maximum absolute atomic E-state index is 12.4. The van der Waals surface area contributed by atoms with Gasteiger partial charge in [-0.1, -0.05) is 23.9 Å². The third-order valence-corrected chi connectivity index (χ3v) is 5.73. The van der Waals surface area contributed by atoms with Crippen molar-refractivity contribution in [3.8, 4) is 11.5 Å². The average Bonchev–Trinajstić information content (AvgIpc) is 3.17. The van der Waals surface area contributed by atoms with Crippen LogP contribution < -0.4 is 26.1 Å². The molecule has 0 bridgehead atoms. The lowest BCUT2D eigenvalue weighted by Gasteiger charge is -2.10. The smallest absolute Gasteiger partial charge is 0.264 e. The second kappa shape index (κ2) is 10.7. The molecule has 4 N–H and O–H groups in total. The van der Waals surface area contributed by atoms with E-state index < -0.39 is 0 Å². The van der Waals surface area contributed by atoms with Gasteiger partial charge in [0.1, 0.15) is 0 Å². The van der Waals surface area contributed by atoms with E-state index in [9.17, 15) is 4.79 Å². The lowest BCUT2D eigenvalue weighted by Crippen LogP contribution is -2.17. The number of nitrogen functional groups attached to an aromatic ring is 1. The largest absolute Gasteiger partial charge is 0.493 e. The van der Waals surface area contributed by atoms with Gasteiger partial charge in [0.25, 0.3) is 5.95 Å². The van der Waals surface area contributed by atoms with Crippen molar-refractivity contribution in [3.63, 3.8) is 0 Å². The topological polar surface area (TPSA) is 129 Å². The number of aromatic nitrogens is 3. The van der Waals surface area contributed by atoms with Crippen LogP contribution in [0.4, 0.5) is 11.6 Å². The van der Waals surface area contributed by atoms with E-state index in [1.54, 1.807) is 20.3 Å². The minimum atomic E-state index is -0.159. The predicted octanol–water partition coefficient (Wildman–Crippen LogP) is 3.19. The zero-order valence-electron chi connectivity index (χ0n) is 19.2. The Labute approximate surface area is 196 Å². The summed E-state index contributed by atoms with van der Waals surface area (Å²) in [5, 5.41) is 15.6. The molecule has 0 radical (unpaired) electrons. The summed E-state index contributed by atoms with van der Waals surface area (Å²) in [7, 11) is 3.15. The van der Waals surface area contributed by atoms with Crippen molar-refractivity contribution in [2.45, 2.75) is 25.9 Å². The van der Waals surface area contributed by atoms with Crippen LogP contribution in [0.5, 0.6) is 11.5 Å². The van der Waals surface area contributed by atoms with Crippen molar-refractivity contribution in [3.05, 3.63) is 53.1 Å². The highest BCUT2D eigenvalue weighted by Gasteiger charge is 2.13. The Morgan fingerprint density at radius 1 is 1.12 bits per heavy atom. The van der Waals surface area contributed by atoms with E-state index in [1.165, 1.54) is 16.4 Å². The molecule has 0 fully saturated rings. The number of anilines is 2. The van der Waals surface area contributed by atoms with Gasteiger partial charge in [0.2, 0.25) is 11.1 Å². The highest BCUT2D eigenvalue weighted by molar-refractivity contribution is 7.99. The van der Waals surface area contributed by atoms with E-state index in [-0.39, 0.29) is 17.6 Å². The molecule has 0 unspecified atom stereocenters. The van der Waals surface area contributed by atoms with E-state index in [2.05, 4.69) is 26.0 Å². The van der Waals surface area contributed by atoms with Crippen molar-refractivity contribution in [2.75, 3.05) is 36.6 Å². The van der Waals surface area contributed by atoms with Gasteiger partial charge in [0.15, 0.2) is 11.5 Å². The SMILES string of the molecule is COc1ccc(/C(C)=N/Nc2nnc(SCC(=O)Nc3cc(C)ccc3C)n2N)cc1OC. The first-order valence-electron chi connectivity index (χ1n) is 10.1. The number of nitrogens with two attached hydrogens (primary N) is 1. The Morgan fingerprint density at radius 3 is 2.61 bits per heavy atom. The van der Waals surface area contributed by atoms with Gasteiger partial charge in [-0.25, -0.2) is 10.1 Å². The van der Waals surface area contributed by atoms with Crippen LogP contribution in [0.3, 0.4) is 0 Å². The molecular weight excluding hydrogens is 442 g/mol. The maximum atomic E-state index is 12.4. The predicted molar refractivity (Wildman–Crippen MR) is 131 cm³/mol. The van der Waals surface area contributed by atoms with E-state index in [4.69, 9.17) is 15.3 Å². The van der Waals surface area contributed by atoms with Crippen molar-refractivity contribution < 1.29 is 14.3 Å². The number of hydrazone groups is 1. The second-order valence-electron chi connectivity index (χ2n) is 7.21. The van der Waals surface area contributed by atoms with Gasteiger partial charge in [-0.3, -0.25) is 4.79 Å². The molecule has 0 atom stereocenters. The molecule has 10 nitrogen and oxygen atoms in total. The van der Waals surface area contributed by atoms with Gasteiger partial charge < -0.3 is 20.6 Å². The number of nitrogens with one attached hydrogen (secondary N) is 2. The molecule has 0 aliphatic rings. The van der Waals surface area contributed by atoms with Crippen LogP contribution in [0.15, 0.2) is 46.7 Å². The minimum Gasteiger partial charge on any atom is -0.493 e. The van der Waals surface area contributed by atoms with Gasteiger partial charge >= 0.3 is 0 Å². The second-order valence-corrected chi connectivity index (χ2v) is 8.15. The number of ether oxygens (including phenoxy) is 2. The number of benzene rings is 2. The van der Waals surface area contributed by atoms with Gasteiger partial charge in [-0.05, 0) is 56.2 Å². The quantitative estimate of drug-likeness (QED) is 0.189. The van der Waals surface area contributed by atoms with E-state index in [0.29, 0.717) is 22.4 Å². The molecule has 0 saturated heterocycles. The van der Waals surface area contributed by atoms with Crippen molar-refractivity contribution in [1.29, 1.82) is 0 Å². The molecule has 3 aromatic rings. The fourth-order valence-corrected chi connectivity index (χ4v) is 3.55. The summed E-state index contributed by atoms with van der Waals surface area (Å²) in [6.45, 7) is 5.75. The van der Waals surface area contributed by atoms with Crippen LogP contribution in [0.2, 0.25) is 0 Å². The van der Waals surface area contributed by atoms with Gasteiger partial charge in [-0.15, -0.1) is 10.2 Å². The van der Waals surface area contributed by atoms with Crippen LogP contribution >= 0.6 is 11.8 Å². The summed E-state index contributed by atoms with van der Waals surface area (Å²) in [5.41, 5.74) is 7.18. The third-order valence-electron chi connectivity index (χ3n) is 4.79. The molecule has 1 heterocycles. The third kappa shape index (κ3) is 5.95. The summed E-state index contributed by atoms with van der Waals surface area (Å²) in [6.07, 6.45) is 0. The number of methoxy groups -OCH3 is 2. The molecule has 0 spiro atoms. The summed E-state index contributed by atoms with van der Waals surface area (Å²) < 4.78 is 11.8. The molecule has 174 valence electrons. The van der Waals surface area contributed by atoms with Crippen molar-refractivity contribution in [1.82, 2.24) is 14.9 Å². The Balaban J connectivity index is 1.61. The van der Waals surface area contributed by atoms with Gasteiger partial charge in [0.05, 0.1) is 25.7 Å². The first-order valence-corrected chi connectivity index (χ1v) is 11.0. The molecule has 0 aliphatic heterocycles. The van der Waals surface area contributed by atoms with Crippen molar-refractivity contribution >= 4 is 35.0 Å². The van der Waals surface area contributed by atoms with E-state index in [0.717, 1.165) is 22.4 Å². The molecule has 3 rings (SSSR count). The molecule has 11 heteroatoms. The van der Waals surface area contributed by atoms with E-state index >= 15 is 0 Å². The zero-order valence-corrected chi connectivity index (χ0v) is 20.0. The number of rotatable bonds is 9. The van der Waals surface area contributed by atoms with Gasteiger partial charge in [-0.2, -0.15) is 5.10 Å². The lowest BCUT2D eigenvalue weighted by molar-refractivity contribution is -0.113. The highest BCUT2D eigenvalue weighted by atomic mass is 32.2. The molecule has 2 aromatic carbocycles. The number of hydrogen-bond acceptors (Lipinski definition) is 9. The summed E-state index contributed by atoms with van der Waals surface area (Å²) in [6, 6.07) is 11.4. The standard InChI is InChI=1S/C22H27N7O3S/c1-13-6-7-14(2)17(10-13)24-20(30)12-33-22-28-27-21(29(22)23)26-25-15(3)16-8-9-18(31-4)19(11-16)32-5/h6-11H,12,23H2,1-5H3,(H,24,30)(H,26,27)/b25-15+. The Kier molecular flexibility index (Phi) is 7.78. The first-order chi connectivity index (χ1) is 15.8. The monoisotopic (exact) mass is 469 g/mol. The van der Waals surface area contributed by atoms with E-state index in [1.807, 2.05) is 51.1 Å².